The Morgan fingerprint density at radius 1 is 1.06 bits per heavy atom. The topological polar surface area (TPSA) is 88.2 Å². The molecule has 0 radical (unpaired) electrons. The lowest BCUT2D eigenvalue weighted by atomic mass is 10.0. The van der Waals surface area contributed by atoms with E-state index >= 15 is 0 Å². The lowest BCUT2D eigenvalue weighted by Gasteiger charge is -2.35. The molecule has 0 saturated carbocycles. The quantitative estimate of drug-likeness (QED) is 0.347. The third kappa shape index (κ3) is 5.78. The first kappa shape index (κ1) is 25.0. The number of fused-ring (bicyclic) bond motifs is 1. The van der Waals surface area contributed by atoms with E-state index in [1.807, 2.05) is 24.3 Å². The van der Waals surface area contributed by atoms with Crippen molar-refractivity contribution in [1.82, 2.24) is 19.9 Å². The smallest absolute Gasteiger partial charge is 0.173 e. The first-order chi connectivity index (χ1) is 16.6. The lowest BCUT2D eigenvalue weighted by Crippen LogP contribution is -2.46. The molecule has 0 bridgehead atoms. The zero-order valence-corrected chi connectivity index (χ0v) is 20.2. The Morgan fingerprint density at radius 3 is 2.66 bits per heavy atom. The van der Waals surface area contributed by atoms with Crippen molar-refractivity contribution in [2.45, 2.75) is 26.8 Å². The Hall–Kier alpha value is -3.07. The van der Waals surface area contributed by atoms with Gasteiger partial charge in [-0.3, -0.25) is 14.7 Å². The number of ketones is 1. The fourth-order valence-electron chi connectivity index (χ4n) is 4.23. The fraction of sp³-hybridized carbons (Fsp3) is 0.308. The van der Waals surface area contributed by atoms with Gasteiger partial charge in [0.25, 0.3) is 0 Å². The van der Waals surface area contributed by atoms with Crippen LogP contribution in [-0.2, 0) is 13.0 Å². The molecule has 5 rings (SSSR count). The first-order valence-electron chi connectivity index (χ1n) is 11.2. The van der Waals surface area contributed by atoms with Crippen LogP contribution in [0.4, 0.5) is 11.6 Å². The van der Waals surface area contributed by atoms with Crippen LogP contribution < -0.4 is 10.6 Å². The summed E-state index contributed by atoms with van der Waals surface area (Å²) in [6.07, 6.45) is 8.03. The van der Waals surface area contributed by atoms with Crippen molar-refractivity contribution in [2.75, 3.05) is 36.8 Å². The van der Waals surface area contributed by atoms with Crippen molar-refractivity contribution >= 4 is 51.1 Å². The summed E-state index contributed by atoms with van der Waals surface area (Å²) in [5.41, 5.74) is 7.04. The average molecular weight is 509 g/mol. The zero-order chi connectivity index (χ0) is 23.5. The largest absolute Gasteiger partial charge is 0.383 e. The van der Waals surface area contributed by atoms with Crippen molar-refractivity contribution in [3.63, 3.8) is 0 Å². The van der Waals surface area contributed by atoms with Gasteiger partial charge >= 0.3 is 0 Å². The summed E-state index contributed by atoms with van der Waals surface area (Å²) in [5, 5.41) is 2.65. The summed E-state index contributed by atoms with van der Waals surface area (Å²) >= 11 is 8.03. The van der Waals surface area contributed by atoms with Gasteiger partial charge in [-0.05, 0) is 29.5 Å². The van der Waals surface area contributed by atoms with Crippen molar-refractivity contribution in [2.24, 2.45) is 0 Å². The van der Waals surface area contributed by atoms with Crippen LogP contribution in [0.15, 0.2) is 55.1 Å². The molecule has 3 aromatic heterocycles. The molecule has 7 nitrogen and oxygen atoms in total. The molecule has 182 valence electrons. The van der Waals surface area contributed by atoms with Gasteiger partial charge in [0, 0.05) is 68.0 Å². The summed E-state index contributed by atoms with van der Waals surface area (Å²) in [5.74, 6) is 1.56. The van der Waals surface area contributed by atoms with E-state index in [2.05, 4.69) is 30.8 Å². The van der Waals surface area contributed by atoms with E-state index in [0.29, 0.717) is 23.7 Å². The van der Waals surface area contributed by atoms with Gasteiger partial charge in [0.05, 0.1) is 16.1 Å². The molecule has 35 heavy (non-hydrogen) atoms. The van der Waals surface area contributed by atoms with Gasteiger partial charge in [0.1, 0.15) is 11.6 Å². The number of aromatic nitrogens is 3. The molecule has 2 N–H and O–H groups in total. The Balaban J connectivity index is 0.00000289. The number of nitrogens with two attached hydrogens (primary N) is 1. The van der Waals surface area contributed by atoms with Crippen LogP contribution in [0.5, 0.6) is 0 Å². The molecular weight excluding hydrogens is 480 g/mol. The minimum atomic E-state index is 0. The SMILES string of the molecule is C.Nc1nccc2cc(CCC(=O)c3cc(Cl)c(CN4CCN(c5cnccn5)CC4)s3)ccc12. The molecule has 1 aliphatic rings. The summed E-state index contributed by atoms with van der Waals surface area (Å²) in [6, 6.07) is 9.83. The second-order valence-electron chi connectivity index (χ2n) is 8.38. The molecule has 0 unspecified atom stereocenters. The highest BCUT2D eigenvalue weighted by molar-refractivity contribution is 7.14. The number of anilines is 2. The highest BCUT2D eigenvalue weighted by Crippen LogP contribution is 2.30. The molecule has 4 aromatic rings. The van der Waals surface area contributed by atoms with Gasteiger partial charge < -0.3 is 10.6 Å². The van der Waals surface area contributed by atoms with Gasteiger partial charge in [-0.25, -0.2) is 9.97 Å². The molecule has 1 fully saturated rings. The van der Waals surface area contributed by atoms with E-state index in [1.54, 1.807) is 24.8 Å². The maximum Gasteiger partial charge on any atom is 0.173 e. The monoisotopic (exact) mass is 508 g/mol. The normalized spacial score (nSPS) is 14.1. The van der Waals surface area contributed by atoms with Crippen molar-refractivity contribution in [1.29, 1.82) is 0 Å². The number of nitrogen functional groups attached to an aromatic ring is 1. The van der Waals surface area contributed by atoms with E-state index in [1.165, 1.54) is 11.3 Å². The van der Waals surface area contributed by atoms with Crippen molar-refractivity contribution in [3.8, 4) is 0 Å². The summed E-state index contributed by atoms with van der Waals surface area (Å²) in [6.45, 7) is 4.36. The molecule has 0 amide bonds. The Kier molecular flexibility index (Phi) is 7.95. The van der Waals surface area contributed by atoms with Crippen LogP contribution in [0.2, 0.25) is 5.02 Å². The molecule has 1 saturated heterocycles. The number of carbonyl (C=O) groups is 1. The zero-order valence-electron chi connectivity index (χ0n) is 18.7. The van der Waals surface area contributed by atoms with E-state index in [9.17, 15) is 4.79 Å². The van der Waals surface area contributed by atoms with Crippen LogP contribution in [-0.4, -0.2) is 51.8 Å². The van der Waals surface area contributed by atoms with Gasteiger partial charge in [0.2, 0.25) is 0 Å². The number of Topliss-reactive ketones (excluding diaryl/α,β-unsaturated/α-hetero) is 1. The van der Waals surface area contributed by atoms with Gasteiger partial charge in [-0.2, -0.15) is 0 Å². The second kappa shape index (κ2) is 11.1. The van der Waals surface area contributed by atoms with Gasteiger partial charge in [0.15, 0.2) is 5.78 Å². The predicted octanol–water partition coefficient (Wildman–Crippen LogP) is 5.10. The maximum atomic E-state index is 12.9. The third-order valence-corrected chi connectivity index (χ3v) is 7.76. The summed E-state index contributed by atoms with van der Waals surface area (Å²) in [4.78, 5) is 31.9. The summed E-state index contributed by atoms with van der Waals surface area (Å²) < 4.78 is 0. The minimum absolute atomic E-state index is 0. The van der Waals surface area contributed by atoms with Gasteiger partial charge in [-0.1, -0.05) is 37.2 Å². The van der Waals surface area contributed by atoms with Crippen LogP contribution in [0.1, 0.15) is 34.0 Å². The standard InChI is InChI=1S/C25H25ClN6OS.CH4/c26-20-14-22(21(33)4-2-17-1-3-19-18(13-17)5-6-30-25(19)27)34-23(20)16-31-9-11-32(12-10-31)24-15-28-7-8-29-24;/h1,3,5-8,13-15H,2,4,9-12,16H2,(H2,27,30);1H4. The molecule has 9 heteroatoms. The number of hydrogen-bond donors (Lipinski definition) is 1. The van der Waals surface area contributed by atoms with E-state index in [0.717, 1.165) is 64.6 Å². The number of aryl methyl sites for hydroxylation is 1. The molecule has 0 aliphatic carbocycles. The number of rotatable bonds is 7. The van der Waals surface area contributed by atoms with Gasteiger partial charge in [-0.15, -0.1) is 11.3 Å². The average Bonchev–Trinajstić information content (AvgIpc) is 3.23. The maximum absolute atomic E-state index is 12.9. The number of piperazine rings is 1. The van der Waals surface area contributed by atoms with Crippen LogP contribution in [0, 0.1) is 0 Å². The Morgan fingerprint density at radius 2 is 1.89 bits per heavy atom. The molecule has 1 aromatic carbocycles. The number of carbonyl (C=O) groups excluding carboxylic acids is 1. The Bertz CT molecular complexity index is 1300. The number of hydrogen-bond acceptors (Lipinski definition) is 8. The van der Waals surface area contributed by atoms with Crippen LogP contribution in [0.3, 0.4) is 0 Å². The molecule has 0 atom stereocenters. The number of nitrogens with zero attached hydrogens (tertiary/aromatic N) is 5. The number of halogens is 1. The van der Waals surface area contributed by atoms with Crippen molar-refractivity contribution in [3.05, 3.63) is 75.5 Å². The molecule has 0 spiro atoms. The molecule has 4 heterocycles. The minimum Gasteiger partial charge on any atom is -0.383 e. The van der Waals surface area contributed by atoms with Crippen LogP contribution >= 0.6 is 22.9 Å². The van der Waals surface area contributed by atoms with Crippen molar-refractivity contribution < 1.29 is 4.79 Å². The Labute approximate surface area is 214 Å². The fourth-order valence-corrected chi connectivity index (χ4v) is 5.64. The second-order valence-corrected chi connectivity index (χ2v) is 9.93. The van der Waals surface area contributed by atoms with E-state index in [4.69, 9.17) is 17.3 Å². The molecular formula is C26H29ClN6OS. The predicted molar refractivity (Wildman–Crippen MR) is 144 cm³/mol. The lowest BCUT2D eigenvalue weighted by molar-refractivity contribution is 0.0986. The number of thiophene rings is 1. The highest BCUT2D eigenvalue weighted by Gasteiger charge is 2.21. The number of pyridine rings is 1. The van der Waals surface area contributed by atoms with Crippen LogP contribution in [0.25, 0.3) is 10.8 Å². The molecule has 1 aliphatic heterocycles. The van der Waals surface area contributed by atoms with E-state index < -0.39 is 0 Å². The first-order valence-corrected chi connectivity index (χ1v) is 12.4. The number of benzene rings is 1. The highest BCUT2D eigenvalue weighted by atomic mass is 35.5. The third-order valence-electron chi connectivity index (χ3n) is 6.15. The van der Waals surface area contributed by atoms with E-state index in [-0.39, 0.29) is 13.2 Å². The summed E-state index contributed by atoms with van der Waals surface area (Å²) in [7, 11) is 0.